The van der Waals surface area contributed by atoms with E-state index in [9.17, 15) is 14.0 Å². The zero-order valence-electron chi connectivity index (χ0n) is 18.8. The van der Waals surface area contributed by atoms with Crippen molar-refractivity contribution in [2.45, 2.75) is 38.8 Å². The summed E-state index contributed by atoms with van der Waals surface area (Å²) in [6.45, 7) is 2.47. The number of nitrogens with two attached hydrogens (primary N) is 1. The number of aromatic nitrogens is 3. The summed E-state index contributed by atoms with van der Waals surface area (Å²) in [5.41, 5.74) is 10.2. The molecule has 8 heteroatoms. The second kappa shape index (κ2) is 9.12. The van der Waals surface area contributed by atoms with Crippen molar-refractivity contribution in [1.82, 2.24) is 14.3 Å². The lowest BCUT2D eigenvalue weighted by Gasteiger charge is -2.22. The van der Waals surface area contributed by atoms with Crippen molar-refractivity contribution in [3.63, 3.8) is 0 Å². The Bertz CT molecular complexity index is 1480. The van der Waals surface area contributed by atoms with Crippen molar-refractivity contribution in [3.05, 3.63) is 87.2 Å². The van der Waals surface area contributed by atoms with Gasteiger partial charge in [-0.15, -0.1) is 11.3 Å². The van der Waals surface area contributed by atoms with E-state index in [1.54, 1.807) is 11.3 Å². The molecule has 2 N–H and O–H groups in total. The third-order valence-electron chi connectivity index (χ3n) is 6.53. The standard InChI is InChI=1S/C26H25FN4O2S/c1-16-23-5-2-18(8-20(23)3-6-24(16)32)19-4-7-25-21(9-19)10-22(34-25)14-30-15-29-31(26(30)33)13-17(11-27)12-28/h2,4-5,7-11,15-16H,3,6,12-14,28H2,1H3/b17-11+. The summed E-state index contributed by atoms with van der Waals surface area (Å²) in [5.74, 6) is 0.290. The molecule has 0 bridgehead atoms. The number of aryl methyl sites for hydroxylation is 1. The van der Waals surface area contributed by atoms with Crippen LogP contribution in [0.1, 0.15) is 35.3 Å². The number of hydrogen-bond acceptors (Lipinski definition) is 5. The van der Waals surface area contributed by atoms with Gasteiger partial charge in [0, 0.05) is 28.5 Å². The van der Waals surface area contributed by atoms with Gasteiger partial charge in [-0.1, -0.05) is 31.2 Å². The van der Waals surface area contributed by atoms with Crippen LogP contribution < -0.4 is 11.4 Å². The predicted octanol–water partition coefficient (Wildman–Crippen LogP) is 4.41. The van der Waals surface area contributed by atoms with Gasteiger partial charge in [0.1, 0.15) is 12.1 Å². The van der Waals surface area contributed by atoms with Gasteiger partial charge >= 0.3 is 5.69 Å². The Balaban J connectivity index is 1.40. The van der Waals surface area contributed by atoms with Gasteiger partial charge in [-0.05, 0) is 57.8 Å². The molecule has 1 aliphatic rings. The van der Waals surface area contributed by atoms with Gasteiger partial charge in [0.05, 0.1) is 19.4 Å². The normalized spacial score (nSPS) is 16.3. The van der Waals surface area contributed by atoms with E-state index >= 15 is 0 Å². The molecule has 6 nitrogen and oxygen atoms in total. The Morgan fingerprint density at radius 1 is 1.18 bits per heavy atom. The Morgan fingerprint density at radius 3 is 2.76 bits per heavy atom. The van der Waals surface area contributed by atoms with Crippen molar-refractivity contribution in [2.24, 2.45) is 5.73 Å². The van der Waals surface area contributed by atoms with Crippen LogP contribution in [0.25, 0.3) is 21.2 Å². The number of halogens is 1. The summed E-state index contributed by atoms with van der Waals surface area (Å²) in [6.07, 6.45) is 3.31. The Kier molecular flexibility index (Phi) is 6.02. The van der Waals surface area contributed by atoms with E-state index < -0.39 is 0 Å². The molecule has 1 unspecified atom stereocenters. The Hall–Kier alpha value is -3.36. The summed E-state index contributed by atoms with van der Waals surface area (Å²) in [5, 5.41) is 5.20. The zero-order valence-corrected chi connectivity index (χ0v) is 19.6. The average Bonchev–Trinajstić information content (AvgIpc) is 3.42. The first-order valence-corrected chi connectivity index (χ1v) is 12.1. The number of carbonyl (C=O) groups excluding carboxylic acids is 1. The van der Waals surface area contributed by atoms with E-state index in [0.29, 0.717) is 30.7 Å². The number of carbonyl (C=O) groups is 1. The fourth-order valence-corrected chi connectivity index (χ4v) is 5.56. The fourth-order valence-electron chi connectivity index (χ4n) is 4.52. The van der Waals surface area contributed by atoms with Crippen LogP contribution in [0.2, 0.25) is 0 Å². The number of benzene rings is 2. The molecule has 174 valence electrons. The second-order valence-electron chi connectivity index (χ2n) is 8.74. The minimum atomic E-state index is -0.298. The van der Waals surface area contributed by atoms with Crippen LogP contribution in [0.4, 0.5) is 4.39 Å². The van der Waals surface area contributed by atoms with Gasteiger partial charge in [0.2, 0.25) is 0 Å². The van der Waals surface area contributed by atoms with Crippen LogP contribution in [0.3, 0.4) is 0 Å². The largest absolute Gasteiger partial charge is 0.346 e. The molecule has 0 radical (unpaired) electrons. The van der Waals surface area contributed by atoms with E-state index in [2.05, 4.69) is 47.6 Å². The maximum Gasteiger partial charge on any atom is 0.346 e. The first kappa shape index (κ1) is 22.4. The monoisotopic (exact) mass is 476 g/mol. The van der Waals surface area contributed by atoms with Crippen molar-refractivity contribution >= 4 is 27.2 Å². The molecule has 1 atom stereocenters. The molecule has 0 saturated carbocycles. The van der Waals surface area contributed by atoms with Gasteiger partial charge in [-0.3, -0.25) is 9.36 Å². The molecule has 0 aliphatic heterocycles. The first-order valence-electron chi connectivity index (χ1n) is 11.3. The first-order chi connectivity index (χ1) is 16.5. The lowest BCUT2D eigenvalue weighted by Crippen LogP contribution is -2.26. The quantitative estimate of drug-likeness (QED) is 0.447. The molecule has 2 heterocycles. The van der Waals surface area contributed by atoms with Crippen LogP contribution in [0.15, 0.2) is 65.5 Å². The molecule has 4 aromatic rings. The van der Waals surface area contributed by atoms with Gasteiger partial charge in [-0.2, -0.15) is 5.10 Å². The lowest BCUT2D eigenvalue weighted by atomic mass is 9.82. The summed E-state index contributed by atoms with van der Waals surface area (Å²) >= 11 is 1.63. The summed E-state index contributed by atoms with van der Waals surface area (Å²) in [4.78, 5) is 25.7. The highest BCUT2D eigenvalue weighted by Gasteiger charge is 2.23. The van der Waals surface area contributed by atoms with E-state index in [0.717, 1.165) is 38.1 Å². The molecule has 1 aliphatic carbocycles. The molecule has 0 spiro atoms. The summed E-state index contributed by atoms with van der Waals surface area (Å²) < 4.78 is 16.7. The van der Waals surface area contributed by atoms with Crippen LogP contribution in [0, 0.1) is 0 Å². The summed E-state index contributed by atoms with van der Waals surface area (Å²) in [6, 6.07) is 14.9. The molecule has 5 rings (SSSR count). The van der Waals surface area contributed by atoms with Gasteiger partial charge in [0.25, 0.3) is 0 Å². The number of nitrogens with zero attached hydrogens (tertiary/aromatic N) is 3. The zero-order chi connectivity index (χ0) is 23.8. The van der Waals surface area contributed by atoms with Crippen LogP contribution in [-0.4, -0.2) is 26.7 Å². The summed E-state index contributed by atoms with van der Waals surface area (Å²) in [7, 11) is 0. The van der Waals surface area contributed by atoms with E-state index in [1.807, 2.05) is 6.92 Å². The number of thiophene rings is 1. The van der Waals surface area contributed by atoms with Crippen molar-refractivity contribution in [3.8, 4) is 11.1 Å². The van der Waals surface area contributed by atoms with E-state index in [1.165, 1.54) is 21.1 Å². The van der Waals surface area contributed by atoms with Crippen LogP contribution in [0.5, 0.6) is 0 Å². The lowest BCUT2D eigenvalue weighted by molar-refractivity contribution is -0.120. The maximum atomic E-state index is 12.8. The molecule has 2 aromatic carbocycles. The maximum absolute atomic E-state index is 12.8. The molecule has 0 amide bonds. The van der Waals surface area contributed by atoms with Gasteiger partial charge < -0.3 is 5.73 Å². The minimum Gasteiger partial charge on any atom is -0.327 e. The van der Waals surface area contributed by atoms with Gasteiger partial charge in [-0.25, -0.2) is 13.9 Å². The van der Waals surface area contributed by atoms with Crippen molar-refractivity contribution in [1.29, 1.82) is 0 Å². The van der Waals surface area contributed by atoms with E-state index in [4.69, 9.17) is 5.73 Å². The molecule has 0 saturated heterocycles. The highest BCUT2D eigenvalue weighted by atomic mass is 32.1. The van der Waals surface area contributed by atoms with Gasteiger partial charge in [0.15, 0.2) is 0 Å². The third kappa shape index (κ3) is 4.15. The number of ketones is 1. The number of Topliss-reactive ketones (excluding diaryl/α,β-unsaturated/α-hetero) is 1. The van der Waals surface area contributed by atoms with Crippen molar-refractivity contribution in [2.75, 3.05) is 6.54 Å². The highest BCUT2D eigenvalue weighted by molar-refractivity contribution is 7.19. The SMILES string of the molecule is CC1C(=O)CCc2cc(-c3ccc4sc(Cn5cnn(C/C(=C/F)CN)c5=O)cc4c3)ccc21. The smallest absolute Gasteiger partial charge is 0.327 e. The Morgan fingerprint density at radius 2 is 1.97 bits per heavy atom. The molecule has 34 heavy (non-hydrogen) atoms. The molecule has 0 fully saturated rings. The number of fused-ring (bicyclic) bond motifs is 2. The van der Waals surface area contributed by atoms with Crippen molar-refractivity contribution < 1.29 is 9.18 Å². The minimum absolute atomic E-state index is 0.0256. The highest BCUT2D eigenvalue weighted by Crippen LogP contribution is 2.34. The van der Waals surface area contributed by atoms with Crippen LogP contribution >= 0.6 is 11.3 Å². The fraction of sp³-hybridized carbons (Fsp3) is 0.269. The average molecular weight is 477 g/mol. The Labute approximate surface area is 200 Å². The number of hydrogen-bond donors (Lipinski definition) is 1. The number of rotatable bonds is 6. The topological polar surface area (TPSA) is 82.9 Å². The van der Waals surface area contributed by atoms with E-state index in [-0.39, 0.29) is 24.7 Å². The molecular formula is C26H25FN4O2S. The predicted molar refractivity (Wildman–Crippen MR) is 133 cm³/mol. The van der Waals surface area contributed by atoms with Crippen LogP contribution in [-0.2, 0) is 24.3 Å². The second-order valence-corrected chi connectivity index (χ2v) is 9.91. The molecular weight excluding hydrogens is 451 g/mol. The third-order valence-corrected chi connectivity index (χ3v) is 7.63. The molecule has 2 aromatic heterocycles.